The van der Waals surface area contributed by atoms with Crippen molar-refractivity contribution in [2.75, 3.05) is 19.8 Å². The van der Waals surface area contributed by atoms with Gasteiger partial charge >= 0.3 is 0 Å². The van der Waals surface area contributed by atoms with Gasteiger partial charge in [-0.15, -0.1) is 5.10 Å². The summed E-state index contributed by atoms with van der Waals surface area (Å²) >= 11 is 0. The molecular formula is C19H24N4O2. The summed E-state index contributed by atoms with van der Waals surface area (Å²) in [5.41, 5.74) is 3.09. The van der Waals surface area contributed by atoms with Gasteiger partial charge in [-0.3, -0.25) is 4.79 Å². The fraction of sp³-hybridized carbons (Fsp3) is 0.526. The van der Waals surface area contributed by atoms with Gasteiger partial charge in [-0.2, -0.15) is 0 Å². The average molecular weight is 340 g/mol. The first-order valence-corrected chi connectivity index (χ1v) is 8.90. The number of aryl methyl sites for hydroxylation is 1. The lowest BCUT2D eigenvalue weighted by Crippen LogP contribution is -2.58. The Morgan fingerprint density at radius 3 is 2.64 bits per heavy atom. The van der Waals surface area contributed by atoms with Crippen molar-refractivity contribution in [3.05, 3.63) is 41.2 Å². The largest absolute Gasteiger partial charge is 0.377 e. The SMILES string of the molecule is Cc1ccc(-n2nnc(C(=O)N3CCOCC3(C)C3CC3)c2C)cc1. The lowest BCUT2D eigenvalue weighted by molar-refractivity contribution is -0.0550. The van der Waals surface area contributed by atoms with Crippen molar-refractivity contribution in [3.8, 4) is 5.69 Å². The number of rotatable bonds is 3. The molecule has 25 heavy (non-hydrogen) atoms. The number of carbonyl (C=O) groups excluding carboxylic acids is 1. The first-order chi connectivity index (χ1) is 12.0. The van der Waals surface area contributed by atoms with Gasteiger partial charge in [0.05, 0.1) is 30.1 Å². The molecule has 1 aliphatic heterocycles. The molecule has 2 aliphatic rings. The average Bonchev–Trinajstić information content (AvgIpc) is 3.40. The van der Waals surface area contributed by atoms with Crippen LogP contribution in [0.5, 0.6) is 0 Å². The molecule has 1 unspecified atom stereocenters. The number of aromatic nitrogens is 3. The van der Waals surface area contributed by atoms with Crippen LogP contribution in [-0.2, 0) is 4.74 Å². The maximum absolute atomic E-state index is 13.2. The number of amides is 1. The van der Waals surface area contributed by atoms with Crippen molar-refractivity contribution in [2.24, 2.45) is 5.92 Å². The van der Waals surface area contributed by atoms with Crippen molar-refractivity contribution in [2.45, 2.75) is 39.2 Å². The summed E-state index contributed by atoms with van der Waals surface area (Å²) in [6, 6.07) is 8.05. The molecule has 2 heterocycles. The second-order valence-corrected chi connectivity index (χ2v) is 7.41. The number of hydrogen-bond acceptors (Lipinski definition) is 4. The summed E-state index contributed by atoms with van der Waals surface area (Å²) in [6.45, 7) is 7.89. The van der Waals surface area contributed by atoms with Gasteiger partial charge in [-0.25, -0.2) is 4.68 Å². The first kappa shape index (κ1) is 16.3. The standard InChI is InChI=1S/C19H24N4O2/c1-13-4-8-16(9-5-13)23-14(2)17(20-21-23)18(24)22-10-11-25-12-19(22,3)15-6-7-15/h4-5,8-9,15H,6-7,10-12H2,1-3H3. The highest BCUT2D eigenvalue weighted by atomic mass is 16.5. The number of hydrogen-bond donors (Lipinski definition) is 0. The summed E-state index contributed by atoms with van der Waals surface area (Å²) < 4.78 is 7.42. The Kier molecular flexibility index (Phi) is 3.87. The second-order valence-electron chi connectivity index (χ2n) is 7.41. The van der Waals surface area contributed by atoms with Gasteiger partial charge in [0.2, 0.25) is 0 Å². The van der Waals surface area contributed by atoms with Crippen molar-refractivity contribution >= 4 is 5.91 Å². The number of benzene rings is 1. The predicted octanol–water partition coefficient (Wildman–Crippen LogP) is 2.53. The Morgan fingerprint density at radius 1 is 1.24 bits per heavy atom. The third kappa shape index (κ3) is 2.74. The molecule has 0 N–H and O–H groups in total. The molecule has 1 aromatic heterocycles. The monoisotopic (exact) mass is 340 g/mol. The molecule has 132 valence electrons. The van der Waals surface area contributed by atoms with Crippen molar-refractivity contribution < 1.29 is 9.53 Å². The van der Waals surface area contributed by atoms with Crippen LogP contribution in [0.15, 0.2) is 24.3 Å². The predicted molar refractivity (Wildman–Crippen MR) is 93.8 cm³/mol. The van der Waals surface area contributed by atoms with Gasteiger partial charge in [0.15, 0.2) is 5.69 Å². The van der Waals surface area contributed by atoms with E-state index in [0.29, 0.717) is 31.4 Å². The zero-order valence-corrected chi connectivity index (χ0v) is 15.0. The van der Waals surface area contributed by atoms with E-state index in [1.807, 2.05) is 43.0 Å². The molecule has 1 atom stereocenters. The second kappa shape index (κ2) is 5.95. The first-order valence-electron chi connectivity index (χ1n) is 8.90. The summed E-state index contributed by atoms with van der Waals surface area (Å²) in [4.78, 5) is 15.2. The van der Waals surface area contributed by atoms with Crippen LogP contribution in [0.2, 0.25) is 0 Å². The zero-order chi connectivity index (χ0) is 17.6. The minimum atomic E-state index is -0.227. The molecule has 0 bridgehead atoms. The van der Waals surface area contributed by atoms with E-state index in [1.165, 1.54) is 18.4 Å². The van der Waals surface area contributed by atoms with Gasteiger partial charge in [-0.05, 0) is 51.7 Å². The molecule has 6 nitrogen and oxygen atoms in total. The van der Waals surface area contributed by atoms with Crippen LogP contribution >= 0.6 is 0 Å². The number of ether oxygens (including phenoxy) is 1. The quantitative estimate of drug-likeness (QED) is 0.861. The molecule has 1 amide bonds. The highest BCUT2D eigenvalue weighted by Gasteiger charge is 2.50. The van der Waals surface area contributed by atoms with Gasteiger partial charge in [0.1, 0.15) is 0 Å². The molecule has 6 heteroatoms. The lowest BCUT2D eigenvalue weighted by atomic mass is 9.92. The van der Waals surface area contributed by atoms with Crippen LogP contribution in [0, 0.1) is 19.8 Å². The molecule has 2 fully saturated rings. The Labute approximate surface area is 147 Å². The van der Waals surface area contributed by atoms with Gasteiger partial charge in [0, 0.05) is 6.54 Å². The van der Waals surface area contributed by atoms with E-state index < -0.39 is 0 Å². The molecule has 1 aromatic carbocycles. The summed E-state index contributed by atoms with van der Waals surface area (Å²) in [5, 5.41) is 8.44. The highest BCUT2D eigenvalue weighted by Crippen LogP contribution is 2.44. The number of morpholine rings is 1. The van der Waals surface area contributed by atoms with Crippen molar-refractivity contribution in [3.63, 3.8) is 0 Å². The maximum Gasteiger partial charge on any atom is 0.276 e. The van der Waals surface area contributed by atoms with E-state index in [4.69, 9.17) is 4.74 Å². The Balaban J connectivity index is 1.65. The molecule has 1 saturated carbocycles. The smallest absolute Gasteiger partial charge is 0.276 e. The van der Waals surface area contributed by atoms with Crippen molar-refractivity contribution in [1.82, 2.24) is 19.9 Å². The van der Waals surface area contributed by atoms with Gasteiger partial charge in [0.25, 0.3) is 5.91 Å². The third-order valence-corrected chi connectivity index (χ3v) is 5.55. The minimum absolute atomic E-state index is 0.0337. The van der Waals surface area contributed by atoms with E-state index in [2.05, 4.69) is 17.2 Å². The molecule has 0 radical (unpaired) electrons. The van der Waals surface area contributed by atoms with Crippen LogP contribution in [0.1, 0.15) is 41.5 Å². The molecule has 2 aromatic rings. The zero-order valence-electron chi connectivity index (χ0n) is 15.0. The molecule has 0 spiro atoms. The number of nitrogens with zero attached hydrogens (tertiary/aromatic N) is 4. The van der Waals surface area contributed by atoms with Crippen LogP contribution in [0.3, 0.4) is 0 Å². The number of carbonyl (C=O) groups is 1. The van der Waals surface area contributed by atoms with E-state index in [1.54, 1.807) is 4.68 Å². The van der Waals surface area contributed by atoms with E-state index in [-0.39, 0.29) is 11.4 Å². The topological polar surface area (TPSA) is 60.2 Å². The summed E-state index contributed by atoms with van der Waals surface area (Å²) in [7, 11) is 0. The lowest BCUT2D eigenvalue weighted by Gasteiger charge is -2.44. The summed E-state index contributed by atoms with van der Waals surface area (Å²) in [5.74, 6) is 0.498. The minimum Gasteiger partial charge on any atom is -0.377 e. The van der Waals surface area contributed by atoms with E-state index in [0.717, 1.165) is 11.4 Å². The van der Waals surface area contributed by atoms with Gasteiger partial charge in [-0.1, -0.05) is 22.9 Å². The molecule has 4 rings (SSSR count). The molecular weight excluding hydrogens is 316 g/mol. The molecule has 1 aliphatic carbocycles. The Bertz CT molecular complexity index is 794. The van der Waals surface area contributed by atoms with Crippen LogP contribution in [0.4, 0.5) is 0 Å². The fourth-order valence-corrected chi connectivity index (χ4v) is 3.73. The van der Waals surface area contributed by atoms with E-state index >= 15 is 0 Å². The van der Waals surface area contributed by atoms with Crippen LogP contribution in [-0.4, -0.2) is 51.1 Å². The maximum atomic E-state index is 13.2. The van der Waals surface area contributed by atoms with Crippen molar-refractivity contribution in [1.29, 1.82) is 0 Å². The summed E-state index contributed by atoms with van der Waals surface area (Å²) in [6.07, 6.45) is 2.33. The Hall–Kier alpha value is -2.21. The Morgan fingerprint density at radius 2 is 1.96 bits per heavy atom. The van der Waals surface area contributed by atoms with Crippen LogP contribution in [0.25, 0.3) is 5.69 Å². The van der Waals surface area contributed by atoms with E-state index in [9.17, 15) is 4.79 Å². The highest BCUT2D eigenvalue weighted by molar-refractivity contribution is 5.94. The van der Waals surface area contributed by atoms with Crippen LogP contribution < -0.4 is 0 Å². The normalized spacial score (nSPS) is 23.7. The third-order valence-electron chi connectivity index (χ3n) is 5.55. The molecule has 1 saturated heterocycles. The van der Waals surface area contributed by atoms with Gasteiger partial charge < -0.3 is 9.64 Å². The fourth-order valence-electron chi connectivity index (χ4n) is 3.73.